The predicted octanol–water partition coefficient (Wildman–Crippen LogP) is 3.84. The van der Waals surface area contributed by atoms with Gasteiger partial charge in [-0.3, -0.25) is 4.79 Å². The number of hydrogen-bond donors (Lipinski definition) is 0. The van der Waals surface area contributed by atoms with Crippen LogP contribution in [0.5, 0.6) is 0 Å². The van der Waals surface area contributed by atoms with E-state index in [9.17, 15) is 4.79 Å². The van der Waals surface area contributed by atoms with Crippen molar-refractivity contribution < 1.29 is 9.36 Å². The molecule has 0 aliphatic heterocycles. The largest absolute Gasteiger partial charge is 0.287 e. The van der Waals surface area contributed by atoms with Gasteiger partial charge in [-0.2, -0.15) is 4.57 Å². The number of nitrogens with zero attached hydrogens (tertiary/aromatic N) is 1. The second-order valence-corrected chi connectivity index (χ2v) is 5.94. The molecule has 1 aromatic carbocycles. The summed E-state index contributed by atoms with van der Waals surface area (Å²) in [7, 11) is 0. The van der Waals surface area contributed by atoms with E-state index in [4.69, 9.17) is 23.2 Å². The average Bonchev–Trinajstić information content (AvgIpc) is 2.61. The zero-order chi connectivity index (χ0) is 13.3. The van der Waals surface area contributed by atoms with Gasteiger partial charge < -0.3 is 0 Å². The first-order valence-electron chi connectivity index (χ1n) is 5.41. The Bertz CT molecular complexity index is 607. The molecule has 0 saturated carbocycles. The Morgan fingerprint density at radius 2 is 2.06 bits per heavy atom. The number of thiazole rings is 1. The van der Waals surface area contributed by atoms with Crippen LogP contribution in [0.1, 0.15) is 20.9 Å². The molecule has 0 N–H and O–H groups in total. The van der Waals surface area contributed by atoms with Gasteiger partial charge in [-0.05, 0) is 25.1 Å². The Morgan fingerprint density at radius 1 is 1.33 bits per heavy atom. The first-order valence-corrected chi connectivity index (χ1v) is 7.05. The average molecular weight is 301 g/mol. The summed E-state index contributed by atoms with van der Waals surface area (Å²) >= 11 is 13.5. The van der Waals surface area contributed by atoms with Gasteiger partial charge in [0.05, 0.1) is 9.90 Å². The molecule has 0 saturated heterocycles. The first-order chi connectivity index (χ1) is 8.49. The lowest BCUT2D eigenvalue weighted by Crippen LogP contribution is -2.38. The van der Waals surface area contributed by atoms with Crippen molar-refractivity contribution in [1.29, 1.82) is 0 Å². The van der Waals surface area contributed by atoms with Crippen LogP contribution in [-0.4, -0.2) is 5.78 Å². The zero-order valence-corrected chi connectivity index (χ0v) is 12.4. The van der Waals surface area contributed by atoms with Gasteiger partial charge in [-0.15, -0.1) is 0 Å². The minimum absolute atomic E-state index is 0.0115. The first kappa shape index (κ1) is 13.5. The number of ketones is 1. The number of rotatable bonds is 3. The third-order valence-electron chi connectivity index (χ3n) is 2.84. The molecule has 0 spiro atoms. The van der Waals surface area contributed by atoms with Crippen LogP contribution in [0.4, 0.5) is 0 Å². The highest BCUT2D eigenvalue weighted by atomic mass is 35.5. The molecule has 94 valence electrons. The normalized spacial score (nSPS) is 10.7. The number of Topliss-reactive ketones (excluding diaryl/α,β-unsaturated/α-hetero) is 1. The van der Waals surface area contributed by atoms with Gasteiger partial charge in [0.25, 0.3) is 0 Å². The maximum atomic E-state index is 12.2. The second kappa shape index (κ2) is 5.39. The van der Waals surface area contributed by atoms with E-state index in [0.29, 0.717) is 22.2 Å². The lowest BCUT2D eigenvalue weighted by molar-refractivity contribution is -0.684. The van der Waals surface area contributed by atoms with Crippen LogP contribution >= 0.6 is 34.5 Å². The standard InChI is InChI=1S/C13H12Cl2NOS/c1-8-9(2)18-7-16(8)6-13(17)11-4-3-10(14)5-12(11)15/h3-5,7H,6H2,1-2H3/q+1. The van der Waals surface area contributed by atoms with Crippen molar-refractivity contribution in [3.8, 4) is 0 Å². The van der Waals surface area contributed by atoms with Gasteiger partial charge >= 0.3 is 0 Å². The Hall–Kier alpha value is -0.900. The number of hydrogen-bond acceptors (Lipinski definition) is 2. The summed E-state index contributed by atoms with van der Waals surface area (Å²) in [6, 6.07) is 4.94. The maximum absolute atomic E-state index is 12.2. The molecule has 0 atom stereocenters. The van der Waals surface area contributed by atoms with Crippen LogP contribution in [0, 0.1) is 13.8 Å². The fraction of sp³-hybridized carbons (Fsp3) is 0.231. The Kier molecular flexibility index (Phi) is 4.05. The highest BCUT2D eigenvalue weighted by Crippen LogP contribution is 2.21. The number of aromatic nitrogens is 1. The predicted molar refractivity (Wildman–Crippen MR) is 74.8 cm³/mol. The number of benzene rings is 1. The molecule has 0 bridgehead atoms. The molecule has 0 unspecified atom stereocenters. The number of carbonyl (C=O) groups excluding carboxylic acids is 1. The molecule has 2 rings (SSSR count). The van der Waals surface area contributed by atoms with E-state index in [2.05, 4.69) is 0 Å². The highest BCUT2D eigenvalue weighted by molar-refractivity contribution is 7.09. The van der Waals surface area contributed by atoms with Gasteiger partial charge in [-0.25, -0.2) is 0 Å². The van der Waals surface area contributed by atoms with Gasteiger partial charge in [-0.1, -0.05) is 34.5 Å². The third kappa shape index (κ3) is 2.74. The molecule has 1 aromatic heterocycles. The summed E-state index contributed by atoms with van der Waals surface area (Å²) in [6.07, 6.45) is 0. The Morgan fingerprint density at radius 3 is 2.61 bits per heavy atom. The van der Waals surface area contributed by atoms with Crippen molar-refractivity contribution in [1.82, 2.24) is 0 Å². The molecule has 0 aliphatic rings. The minimum Gasteiger partial charge on any atom is -0.287 e. The van der Waals surface area contributed by atoms with Crippen LogP contribution in [0.3, 0.4) is 0 Å². The van der Waals surface area contributed by atoms with Gasteiger partial charge in [0.2, 0.25) is 17.8 Å². The molecule has 0 radical (unpaired) electrons. The van der Waals surface area contributed by atoms with E-state index < -0.39 is 0 Å². The summed E-state index contributed by atoms with van der Waals surface area (Å²) in [6.45, 7) is 4.34. The van der Waals surface area contributed by atoms with Crippen molar-refractivity contribution in [2.24, 2.45) is 0 Å². The molecule has 18 heavy (non-hydrogen) atoms. The van der Waals surface area contributed by atoms with E-state index in [0.717, 1.165) is 5.69 Å². The van der Waals surface area contributed by atoms with E-state index in [1.54, 1.807) is 29.5 Å². The van der Waals surface area contributed by atoms with Crippen molar-refractivity contribution in [2.45, 2.75) is 20.4 Å². The van der Waals surface area contributed by atoms with E-state index in [1.165, 1.54) is 4.88 Å². The number of aryl methyl sites for hydroxylation is 1. The fourth-order valence-electron chi connectivity index (χ4n) is 1.62. The Balaban J connectivity index is 2.25. The molecule has 5 heteroatoms. The van der Waals surface area contributed by atoms with Gasteiger partial charge in [0.15, 0.2) is 5.69 Å². The molecule has 2 aromatic rings. The van der Waals surface area contributed by atoms with Crippen LogP contribution in [-0.2, 0) is 6.54 Å². The fourth-order valence-corrected chi connectivity index (χ4v) is 2.94. The zero-order valence-electron chi connectivity index (χ0n) is 10.0. The number of carbonyl (C=O) groups is 1. The van der Waals surface area contributed by atoms with Gasteiger partial charge in [0, 0.05) is 17.5 Å². The Labute approximate surface area is 120 Å². The van der Waals surface area contributed by atoms with Crippen molar-refractivity contribution >= 4 is 40.3 Å². The molecular weight excluding hydrogens is 289 g/mol. The topological polar surface area (TPSA) is 20.9 Å². The highest BCUT2D eigenvalue weighted by Gasteiger charge is 2.19. The van der Waals surface area contributed by atoms with Crippen LogP contribution in [0.25, 0.3) is 0 Å². The lowest BCUT2D eigenvalue weighted by Gasteiger charge is -2.01. The van der Waals surface area contributed by atoms with Crippen LogP contribution < -0.4 is 4.57 Å². The number of halogens is 2. The SMILES string of the molecule is Cc1sc[n+](CC(=O)c2ccc(Cl)cc2Cl)c1C. The monoisotopic (exact) mass is 300 g/mol. The maximum Gasteiger partial charge on any atom is 0.229 e. The summed E-state index contributed by atoms with van der Waals surface area (Å²) in [4.78, 5) is 13.4. The lowest BCUT2D eigenvalue weighted by atomic mass is 10.1. The molecule has 2 nitrogen and oxygen atoms in total. The summed E-state index contributed by atoms with van der Waals surface area (Å²) in [5.41, 5.74) is 3.57. The smallest absolute Gasteiger partial charge is 0.229 e. The summed E-state index contributed by atoms with van der Waals surface area (Å²) in [5.74, 6) is -0.0115. The van der Waals surface area contributed by atoms with Crippen LogP contribution in [0.15, 0.2) is 23.7 Å². The summed E-state index contributed by atoms with van der Waals surface area (Å²) in [5, 5.41) is 0.935. The molecule has 1 heterocycles. The molecule has 0 amide bonds. The van der Waals surface area contributed by atoms with Crippen LogP contribution in [0.2, 0.25) is 10.0 Å². The van der Waals surface area contributed by atoms with Crippen molar-refractivity contribution in [2.75, 3.05) is 0 Å². The second-order valence-electron chi connectivity index (χ2n) is 4.04. The van der Waals surface area contributed by atoms with E-state index in [-0.39, 0.29) is 5.78 Å². The van der Waals surface area contributed by atoms with Crippen molar-refractivity contribution in [3.05, 3.63) is 49.9 Å². The molecule has 0 fully saturated rings. The van der Waals surface area contributed by atoms with Crippen molar-refractivity contribution in [3.63, 3.8) is 0 Å². The quantitative estimate of drug-likeness (QED) is 0.623. The minimum atomic E-state index is -0.0115. The van der Waals surface area contributed by atoms with Gasteiger partial charge in [0.1, 0.15) is 0 Å². The third-order valence-corrected chi connectivity index (χ3v) is 4.40. The van der Waals surface area contributed by atoms with E-state index in [1.807, 2.05) is 23.9 Å². The molecule has 0 aliphatic carbocycles. The molecular formula is C13H12Cl2NOS+. The van der Waals surface area contributed by atoms with E-state index >= 15 is 0 Å². The summed E-state index contributed by atoms with van der Waals surface area (Å²) < 4.78 is 1.94.